The maximum absolute atomic E-state index is 13.7. The molecule has 1 aromatic rings. The Hall–Kier alpha value is -1.76. The van der Waals surface area contributed by atoms with Gasteiger partial charge in [-0.25, -0.2) is 0 Å². The van der Waals surface area contributed by atoms with Crippen LogP contribution >= 0.6 is 11.8 Å². The van der Waals surface area contributed by atoms with Crippen LogP contribution in [0.2, 0.25) is 0 Å². The third-order valence-corrected chi connectivity index (χ3v) is 6.77. The monoisotopic (exact) mass is 415 g/mol. The van der Waals surface area contributed by atoms with E-state index in [1.807, 2.05) is 30.5 Å². The van der Waals surface area contributed by atoms with E-state index < -0.39 is 5.54 Å². The van der Waals surface area contributed by atoms with E-state index >= 15 is 0 Å². The number of benzene rings is 1. The highest BCUT2D eigenvalue weighted by molar-refractivity contribution is 7.98. The van der Waals surface area contributed by atoms with Crippen LogP contribution in [-0.4, -0.2) is 86.8 Å². The summed E-state index contributed by atoms with van der Waals surface area (Å²) in [7, 11) is 8.27. The Morgan fingerprint density at radius 3 is 2.24 bits per heavy atom. The van der Waals surface area contributed by atoms with E-state index in [1.165, 1.54) is 10.6 Å². The van der Waals surface area contributed by atoms with E-state index in [9.17, 15) is 4.79 Å². The highest BCUT2D eigenvalue weighted by Gasteiger charge is 2.49. The van der Waals surface area contributed by atoms with Crippen LogP contribution in [0.5, 0.6) is 0 Å². The van der Waals surface area contributed by atoms with Crippen molar-refractivity contribution in [2.24, 2.45) is 5.92 Å². The number of thioether (sulfide) groups is 1. The minimum atomic E-state index is -0.448. The Labute approximate surface area is 179 Å². The van der Waals surface area contributed by atoms with Crippen molar-refractivity contribution in [1.82, 2.24) is 14.7 Å². The molecule has 158 valence electrons. The summed E-state index contributed by atoms with van der Waals surface area (Å²) >= 11 is 1.69. The van der Waals surface area contributed by atoms with Crippen LogP contribution in [0.4, 0.5) is 0 Å². The average molecular weight is 416 g/mol. The first kappa shape index (κ1) is 21.9. The molecule has 0 saturated carbocycles. The second-order valence-electron chi connectivity index (χ2n) is 8.20. The van der Waals surface area contributed by atoms with Gasteiger partial charge in [0.1, 0.15) is 0 Å². The number of rotatable bonds is 6. The van der Waals surface area contributed by atoms with Crippen LogP contribution in [0, 0.1) is 5.92 Å². The van der Waals surface area contributed by atoms with Gasteiger partial charge in [-0.3, -0.25) is 9.69 Å². The smallest absolute Gasteiger partial charge is 0.171 e. The largest absolute Gasteiger partial charge is 0.379 e. The molecule has 2 aliphatic rings. The van der Waals surface area contributed by atoms with Crippen molar-refractivity contribution < 1.29 is 9.53 Å². The highest BCUT2D eigenvalue weighted by atomic mass is 32.2. The van der Waals surface area contributed by atoms with Crippen LogP contribution in [0.3, 0.4) is 0 Å². The normalized spacial score (nSPS) is 25.2. The number of ketones is 1. The van der Waals surface area contributed by atoms with Crippen molar-refractivity contribution >= 4 is 17.5 Å². The lowest BCUT2D eigenvalue weighted by Crippen LogP contribution is -2.61. The molecule has 6 heteroatoms. The molecule has 0 amide bonds. The highest BCUT2D eigenvalue weighted by Crippen LogP contribution is 2.42. The summed E-state index contributed by atoms with van der Waals surface area (Å²) in [5.74, 6) is -0.0955. The molecule has 0 aromatic heterocycles. The van der Waals surface area contributed by atoms with Crippen molar-refractivity contribution in [3.63, 3.8) is 0 Å². The number of allylic oxidation sites excluding steroid dienone is 1. The summed E-state index contributed by atoms with van der Waals surface area (Å²) in [4.78, 5) is 21.6. The molecular weight excluding hydrogens is 382 g/mol. The maximum Gasteiger partial charge on any atom is 0.171 e. The minimum Gasteiger partial charge on any atom is -0.379 e. The number of hydrogen-bond acceptors (Lipinski definition) is 6. The first-order valence-electron chi connectivity index (χ1n) is 10.1. The Kier molecular flexibility index (Phi) is 6.76. The third kappa shape index (κ3) is 4.11. The Morgan fingerprint density at radius 2 is 1.72 bits per heavy atom. The van der Waals surface area contributed by atoms with Gasteiger partial charge in [0.15, 0.2) is 5.78 Å². The first-order chi connectivity index (χ1) is 13.8. The molecule has 1 heterocycles. The van der Waals surface area contributed by atoms with Gasteiger partial charge in [0.05, 0.1) is 36.1 Å². The molecule has 0 bridgehead atoms. The molecule has 1 aliphatic carbocycles. The van der Waals surface area contributed by atoms with Crippen LogP contribution in [0.25, 0.3) is 0 Å². The number of hydrogen-bond donors (Lipinski definition) is 0. The molecule has 3 rings (SSSR count). The molecule has 2 unspecified atom stereocenters. The second-order valence-corrected chi connectivity index (χ2v) is 9.08. The van der Waals surface area contributed by atoms with Crippen molar-refractivity contribution in [2.45, 2.75) is 17.4 Å². The predicted molar refractivity (Wildman–Crippen MR) is 120 cm³/mol. The van der Waals surface area contributed by atoms with Gasteiger partial charge in [0, 0.05) is 51.7 Å². The van der Waals surface area contributed by atoms with Gasteiger partial charge < -0.3 is 14.5 Å². The van der Waals surface area contributed by atoms with Gasteiger partial charge in [0.25, 0.3) is 0 Å². The quantitative estimate of drug-likeness (QED) is 0.525. The fourth-order valence-electron chi connectivity index (χ4n) is 4.55. The summed E-state index contributed by atoms with van der Waals surface area (Å²) in [5.41, 5.74) is 2.64. The number of carbonyl (C=O) groups excluding carboxylic acids is 1. The topological polar surface area (TPSA) is 36.0 Å². The number of nitrogens with zero attached hydrogens (tertiary/aromatic N) is 3. The van der Waals surface area contributed by atoms with E-state index in [0.29, 0.717) is 13.2 Å². The van der Waals surface area contributed by atoms with Gasteiger partial charge >= 0.3 is 0 Å². The number of morpholine rings is 1. The zero-order valence-electron chi connectivity index (χ0n) is 18.4. The minimum absolute atomic E-state index is 0.167. The summed E-state index contributed by atoms with van der Waals surface area (Å²) < 4.78 is 5.62. The summed E-state index contributed by atoms with van der Waals surface area (Å²) in [6, 6.07) is 7.99. The molecule has 0 spiro atoms. The average Bonchev–Trinajstić information content (AvgIpc) is 2.73. The van der Waals surface area contributed by atoms with E-state index in [-0.39, 0.29) is 11.7 Å². The summed E-state index contributed by atoms with van der Waals surface area (Å²) in [6.07, 6.45) is 6.26. The molecule has 2 atom stereocenters. The molecule has 1 aliphatic heterocycles. The number of carbonyl (C=O) groups is 1. The Bertz CT molecular complexity index is 795. The van der Waals surface area contributed by atoms with E-state index in [1.54, 1.807) is 11.8 Å². The van der Waals surface area contributed by atoms with Gasteiger partial charge in [-0.15, -0.1) is 11.8 Å². The predicted octanol–water partition coefficient (Wildman–Crippen LogP) is 3.20. The lowest BCUT2D eigenvalue weighted by atomic mass is 9.72. The first-order valence-corrected chi connectivity index (χ1v) is 11.3. The molecule has 29 heavy (non-hydrogen) atoms. The fraction of sp³-hybridized carbons (Fsp3) is 0.522. The van der Waals surface area contributed by atoms with E-state index in [0.717, 1.165) is 24.4 Å². The van der Waals surface area contributed by atoms with Gasteiger partial charge in [-0.1, -0.05) is 18.2 Å². The number of ether oxygens (including phenoxy) is 1. The van der Waals surface area contributed by atoms with Crippen LogP contribution in [0.1, 0.15) is 17.3 Å². The molecular formula is C23H33N3O2S. The second kappa shape index (κ2) is 8.94. The standard InChI is InChI=1S/C23H33N3O2S/c1-23(26-13-15-28-16-14-26)19(11-12-20(24(2)3)22(23)25(4)5)21(27)17-7-9-18(29-6)10-8-17/h7-12,19H,13-16H2,1-6H3. The van der Waals surface area contributed by atoms with Gasteiger partial charge in [-0.2, -0.15) is 0 Å². The molecule has 1 aromatic carbocycles. The third-order valence-electron chi connectivity index (χ3n) is 6.03. The van der Waals surface area contributed by atoms with E-state index in [4.69, 9.17) is 4.74 Å². The molecule has 0 N–H and O–H groups in total. The van der Waals surface area contributed by atoms with E-state index in [2.05, 4.69) is 62.0 Å². The van der Waals surface area contributed by atoms with Crippen LogP contribution in [0.15, 0.2) is 52.7 Å². The van der Waals surface area contributed by atoms with Crippen molar-refractivity contribution in [1.29, 1.82) is 0 Å². The summed E-state index contributed by atoms with van der Waals surface area (Å²) in [5, 5.41) is 0. The zero-order valence-corrected chi connectivity index (χ0v) is 19.3. The Morgan fingerprint density at radius 1 is 1.10 bits per heavy atom. The summed E-state index contributed by atoms with van der Waals surface area (Å²) in [6.45, 7) is 5.25. The van der Waals surface area contributed by atoms with Crippen molar-refractivity contribution in [3.8, 4) is 0 Å². The van der Waals surface area contributed by atoms with Crippen LogP contribution in [-0.2, 0) is 4.74 Å². The SMILES string of the molecule is CSc1ccc(C(=O)C2C=CC(N(C)C)=C(N(C)C)C2(C)N2CCOCC2)cc1. The Balaban J connectivity index is 2.09. The van der Waals surface area contributed by atoms with Gasteiger partial charge in [0.2, 0.25) is 0 Å². The number of Topliss-reactive ketones (excluding diaryl/α,β-unsaturated/α-hetero) is 1. The lowest BCUT2D eigenvalue weighted by molar-refractivity contribution is -0.0235. The molecule has 1 saturated heterocycles. The number of likely N-dealkylation sites (N-methyl/N-ethyl adjacent to an activating group) is 2. The molecule has 1 fully saturated rings. The molecule has 0 radical (unpaired) electrons. The van der Waals surface area contributed by atoms with Crippen molar-refractivity contribution in [2.75, 3.05) is 60.7 Å². The van der Waals surface area contributed by atoms with Crippen molar-refractivity contribution in [3.05, 3.63) is 53.4 Å². The van der Waals surface area contributed by atoms with Gasteiger partial charge in [-0.05, 0) is 31.4 Å². The lowest BCUT2D eigenvalue weighted by Gasteiger charge is -2.52. The zero-order chi connectivity index (χ0) is 21.2. The molecule has 5 nitrogen and oxygen atoms in total. The fourth-order valence-corrected chi connectivity index (χ4v) is 4.96. The maximum atomic E-state index is 13.7. The van der Waals surface area contributed by atoms with Crippen LogP contribution < -0.4 is 0 Å².